The predicted octanol–water partition coefficient (Wildman–Crippen LogP) is 5.68. The number of alkyl halides is 3. The van der Waals surface area contributed by atoms with Gasteiger partial charge in [-0.25, -0.2) is 0 Å². The Kier molecular flexibility index (Phi) is 7.80. The Morgan fingerprint density at radius 3 is 2.62 bits per heavy atom. The maximum absolute atomic E-state index is 13.0. The first-order valence-electron chi connectivity index (χ1n) is 10.6. The summed E-state index contributed by atoms with van der Waals surface area (Å²) >= 11 is 0. The molecule has 1 aromatic heterocycles. The lowest BCUT2D eigenvalue weighted by molar-refractivity contribution is -0.137. The zero-order chi connectivity index (χ0) is 23.1. The van der Waals surface area contributed by atoms with Crippen LogP contribution in [0.3, 0.4) is 0 Å². The Morgan fingerprint density at radius 1 is 1.09 bits per heavy atom. The molecule has 8 heteroatoms. The van der Waals surface area contributed by atoms with Gasteiger partial charge in [0.25, 0.3) is 0 Å². The van der Waals surface area contributed by atoms with Crippen LogP contribution in [0.2, 0.25) is 0 Å². The standard InChI is InChI=1S/C24H28F3N3O2/c1-3-12-30(16-17-14-19(32-2)6-8-23(17)31)13-4-10-28-21-9-11-29-22-15-18(24(25,26)27)5-7-20(21)22/h5-9,11,14-15,31H,3-4,10,12-13,16H2,1-2H3,(H,28,29). The molecule has 172 valence electrons. The minimum absolute atomic E-state index is 0.242. The molecule has 0 fully saturated rings. The summed E-state index contributed by atoms with van der Waals surface area (Å²) in [5.74, 6) is 0.945. The Hall–Kier alpha value is -3.00. The number of rotatable bonds is 10. The Morgan fingerprint density at radius 2 is 1.91 bits per heavy atom. The molecule has 0 radical (unpaired) electrons. The summed E-state index contributed by atoms with van der Waals surface area (Å²) in [4.78, 5) is 6.34. The van der Waals surface area contributed by atoms with Crippen molar-refractivity contribution in [2.24, 2.45) is 0 Å². The number of nitrogens with zero attached hydrogens (tertiary/aromatic N) is 2. The fourth-order valence-corrected chi connectivity index (χ4v) is 3.65. The van der Waals surface area contributed by atoms with Gasteiger partial charge >= 0.3 is 6.18 Å². The first-order valence-corrected chi connectivity index (χ1v) is 10.6. The number of aromatic nitrogens is 1. The number of benzene rings is 2. The summed E-state index contributed by atoms with van der Waals surface area (Å²) in [6.07, 6.45) is -1.07. The highest BCUT2D eigenvalue weighted by atomic mass is 19.4. The number of aromatic hydroxyl groups is 1. The van der Waals surface area contributed by atoms with Crippen LogP contribution in [0.1, 0.15) is 30.9 Å². The van der Waals surface area contributed by atoms with Gasteiger partial charge in [-0.3, -0.25) is 9.88 Å². The highest BCUT2D eigenvalue weighted by Gasteiger charge is 2.30. The predicted molar refractivity (Wildman–Crippen MR) is 120 cm³/mol. The van der Waals surface area contributed by atoms with Crippen molar-refractivity contribution >= 4 is 16.6 Å². The lowest BCUT2D eigenvalue weighted by Crippen LogP contribution is -2.26. The molecule has 0 atom stereocenters. The lowest BCUT2D eigenvalue weighted by Gasteiger charge is -2.23. The molecule has 0 aliphatic heterocycles. The molecule has 0 spiro atoms. The molecule has 0 aliphatic rings. The van der Waals surface area contributed by atoms with Crippen LogP contribution in [0.25, 0.3) is 10.9 Å². The number of anilines is 1. The van der Waals surface area contributed by atoms with E-state index in [0.717, 1.165) is 49.3 Å². The van der Waals surface area contributed by atoms with Gasteiger partial charge in [-0.2, -0.15) is 13.2 Å². The summed E-state index contributed by atoms with van der Waals surface area (Å²) in [6.45, 7) is 5.06. The van der Waals surface area contributed by atoms with E-state index in [4.69, 9.17) is 4.74 Å². The van der Waals surface area contributed by atoms with Gasteiger partial charge in [0.15, 0.2) is 0 Å². The van der Waals surface area contributed by atoms with Crippen LogP contribution in [0.5, 0.6) is 11.5 Å². The Bertz CT molecular complexity index is 1040. The van der Waals surface area contributed by atoms with Crippen LogP contribution in [0, 0.1) is 0 Å². The van der Waals surface area contributed by atoms with E-state index in [9.17, 15) is 18.3 Å². The quantitative estimate of drug-likeness (QED) is 0.392. The topological polar surface area (TPSA) is 57.6 Å². The fourth-order valence-electron chi connectivity index (χ4n) is 3.65. The molecule has 5 nitrogen and oxygen atoms in total. The highest BCUT2D eigenvalue weighted by Crippen LogP contribution is 2.32. The van der Waals surface area contributed by atoms with Gasteiger partial charge in [-0.05, 0) is 55.8 Å². The summed E-state index contributed by atoms with van der Waals surface area (Å²) in [7, 11) is 1.60. The van der Waals surface area contributed by atoms with Crippen LogP contribution in [0.15, 0.2) is 48.7 Å². The number of phenols is 1. The molecule has 1 heterocycles. The van der Waals surface area contributed by atoms with Crippen LogP contribution in [0.4, 0.5) is 18.9 Å². The summed E-state index contributed by atoms with van der Waals surface area (Å²) in [5.41, 5.74) is 1.18. The monoisotopic (exact) mass is 447 g/mol. The van der Waals surface area contributed by atoms with Crippen molar-refractivity contribution < 1.29 is 23.0 Å². The maximum atomic E-state index is 13.0. The smallest absolute Gasteiger partial charge is 0.416 e. The van der Waals surface area contributed by atoms with Crippen LogP contribution in [-0.4, -0.2) is 41.7 Å². The van der Waals surface area contributed by atoms with Crippen molar-refractivity contribution in [1.82, 2.24) is 9.88 Å². The van der Waals surface area contributed by atoms with E-state index < -0.39 is 11.7 Å². The second-order valence-electron chi connectivity index (χ2n) is 7.64. The van der Waals surface area contributed by atoms with E-state index in [1.165, 1.54) is 12.3 Å². The fraction of sp³-hybridized carbons (Fsp3) is 0.375. The van der Waals surface area contributed by atoms with E-state index in [0.29, 0.717) is 29.7 Å². The third-order valence-electron chi connectivity index (χ3n) is 5.26. The number of ether oxygens (including phenoxy) is 1. The first-order chi connectivity index (χ1) is 15.3. The molecule has 0 bridgehead atoms. The third-order valence-corrected chi connectivity index (χ3v) is 5.26. The largest absolute Gasteiger partial charge is 0.508 e. The van der Waals surface area contributed by atoms with Crippen molar-refractivity contribution in [2.75, 3.05) is 32.1 Å². The highest BCUT2D eigenvalue weighted by molar-refractivity contribution is 5.91. The van der Waals surface area contributed by atoms with Crippen LogP contribution >= 0.6 is 0 Å². The van der Waals surface area contributed by atoms with Gasteiger partial charge in [0.1, 0.15) is 11.5 Å². The Balaban J connectivity index is 1.61. The van der Waals surface area contributed by atoms with Crippen molar-refractivity contribution in [3.05, 3.63) is 59.8 Å². The molecule has 3 aromatic rings. The number of methoxy groups -OCH3 is 1. The molecular weight excluding hydrogens is 419 g/mol. The van der Waals surface area contributed by atoms with E-state index in [1.54, 1.807) is 25.3 Å². The Labute approximate surface area is 185 Å². The van der Waals surface area contributed by atoms with Gasteiger partial charge in [0, 0.05) is 42.5 Å². The van der Waals surface area contributed by atoms with E-state index in [1.807, 2.05) is 6.07 Å². The van der Waals surface area contributed by atoms with Gasteiger partial charge in [0.05, 0.1) is 18.2 Å². The normalized spacial score (nSPS) is 11.8. The SMILES string of the molecule is CCCN(CCCNc1ccnc2cc(C(F)(F)F)ccc12)Cc1cc(OC)ccc1O. The molecule has 2 N–H and O–H groups in total. The minimum Gasteiger partial charge on any atom is -0.508 e. The lowest BCUT2D eigenvalue weighted by atomic mass is 10.1. The average Bonchev–Trinajstić information content (AvgIpc) is 2.77. The number of fused-ring (bicyclic) bond motifs is 1. The van der Waals surface area contributed by atoms with Crippen molar-refractivity contribution in [3.63, 3.8) is 0 Å². The summed E-state index contributed by atoms with van der Waals surface area (Å²) in [5, 5.41) is 14.1. The van der Waals surface area contributed by atoms with E-state index in [-0.39, 0.29) is 5.75 Å². The molecule has 0 saturated carbocycles. The number of hydrogen-bond acceptors (Lipinski definition) is 5. The minimum atomic E-state index is -4.39. The van der Waals surface area contributed by atoms with Crippen LogP contribution in [-0.2, 0) is 12.7 Å². The van der Waals surface area contributed by atoms with Crippen molar-refractivity contribution in [1.29, 1.82) is 0 Å². The van der Waals surface area contributed by atoms with Crippen LogP contribution < -0.4 is 10.1 Å². The number of hydrogen-bond donors (Lipinski definition) is 2. The molecule has 2 aromatic carbocycles. The molecular formula is C24H28F3N3O2. The second-order valence-corrected chi connectivity index (χ2v) is 7.64. The zero-order valence-corrected chi connectivity index (χ0v) is 18.2. The average molecular weight is 448 g/mol. The van der Waals surface area contributed by atoms with Crippen molar-refractivity contribution in [2.45, 2.75) is 32.5 Å². The number of pyridine rings is 1. The van der Waals surface area contributed by atoms with Gasteiger partial charge in [-0.15, -0.1) is 0 Å². The molecule has 0 unspecified atom stereocenters. The van der Waals surface area contributed by atoms with Gasteiger partial charge < -0.3 is 15.2 Å². The molecule has 0 saturated heterocycles. The number of halogens is 3. The molecule has 0 amide bonds. The van der Waals surface area contributed by atoms with E-state index >= 15 is 0 Å². The van der Waals surface area contributed by atoms with Crippen molar-refractivity contribution in [3.8, 4) is 11.5 Å². The summed E-state index contributed by atoms with van der Waals surface area (Å²) in [6, 6.07) is 10.6. The molecule has 32 heavy (non-hydrogen) atoms. The van der Waals surface area contributed by atoms with Gasteiger partial charge in [0.2, 0.25) is 0 Å². The van der Waals surface area contributed by atoms with Gasteiger partial charge in [-0.1, -0.05) is 13.0 Å². The summed E-state index contributed by atoms with van der Waals surface area (Å²) < 4.78 is 44.1. The van der Waals surface area contributed by atoms with E-state index in [2.05, 4.69) is 22.1 Å². The molecule has 3 rings (SSSR count). The third kappa shape index (κ3) is 6.03. The number of nitrogens with one attached hydrogen (secondary N) is 1. The maximum Gasteiger partial charge on any atom is 0.416 e. The molecule has 0 aliphatic carbocycles. The number of phenolic OH excluding ortho intramolecular Hbond substituents is 1. The zero-order valence-electron chi connectivity index (χ0n) is 18.2. The first kappa shape index (κ1) is 23.7. The second kappa shape index (κ2) is 10.5.